The summed E-state index contributed by atoms with van der Waals surface area (Å²) in [6, 6.07) is 0. The lowest BCUT2D eigenvalue weighted by molar-refractivity contribution is 0.0146. The van der Waals surface area contributed by atoms with Crippen molar-refractivity contribution in [3.63, 3.8) is 0 Å². The first-order valence-electron chi connectivity index (χ1n) is 3.60. The highest BCUT2D eigenvalue weighted by Gasteiger charge is 2.68. The van der Waals surface area contributed by atoms with E-state index >= 15 is 0 Å². The van der Waals surface area contributed by atoms with Crippen molar-refractivity contribution in [2.45, 2.75) is 24.1 Å². The third-order valence-electron chi connectivity index (χ3n) is 2.33. The zero-order valence-corrected chi connectivity index (χ0v) is 5.73. The molecule has 0 aromatic heterocycles. The van der Waals surface area contributed by atoms with Crippen LogP contribution in [0.2, 0.25) is 0 Å². The molecule has 3 rings (SSSR count). The van der Waals surface area contributed by atoms with Crippen LogP contribution in [0.25, 0.3) is 0 Å². The van der Waals surface area contributed by atoms with Gasteiger partial charge in [0.1, 0.15) is 24.9 Å². The molecule has 0 bridgehead atoms. The summed E-state index contributed by atoms with van der Waals surface area (Å²) in [5.74, 6) is -0.678. The minimum Gasteiger partial charge on any atom is -0.388 e. The summed E-state index contributed by atoms with van der Waals surface area (Å²) < 4.78 is 10.5. The van der Waals surface area contributed by atoms with Gasteiger partial charge in [0.25, 0.3) is 5.79 Å². The number of hydrogen-bond acceptors (Lipinski definition) is 5. The molecule has 0 saturated carbocycles. The van der Waals surface area contributed by atoms with Gasteiger partial charge in [0.05, 0.1) is 6.61 Å². The van der Waals surface area contributed by atoms with E-state index in [9.17, 15) is 5.11 Å². The third kappa shape index (κ3) is 0.671. The average molecular weight is 160 g/mol. The Hall–Kier alpha value is -0.200. The van der Waals surface area contributed by atoms with Crippen molar-refractivity contribution >= 4 is 0 Å². The molecule has 5 heteroatoms. The standard InChI is InChI=1S/C6H8O5/c7-3-1-8-5-4(3)9-2-6(5)10-11-6/h3-5,7H,1-2H2/t3-,4-,5+/m1/s1. The van der Waals surface area contributed by atoms with Gasteiger partial charge in [-0.3, -0.25) is 0 Å². The van der Waals surface area contributed by atoms with Gasteiger partial charge in [-0.2, -0.15) is 9.78 Å². The fourth-order valence-corrected chi connectivity index (χ4v) is 1.66. The van der Waals surface area contributed by atoms with Crippen LogP contribution in [-0.4, -0.2) is 42.4 Å². The Morgan fingerprint density at radius 2 is 2.09 bits per heavy atom. The Kier molecular flexibility index (Phi) is 1.01. The third-order valence-corrected chi connectivity index (χ3v) is 2.33. The number of fused-ring (bicyclic) bond motifs is 2. The molecule has 3 aliphatic rings. The monoisotopic (exact) mass is 160 g/mol. The van der Waals surface area contributed by atoms with E-state index in [1.165, 1.54) is 0 Å². The second kappa shape index (κ2) is 1.75. The van der Waals surface area contributed by atoms with Crippen molar-refractivity contribution in [2.24, 2.45) is 0 Å². The number of aliphatic hydroxyl groups excluding tert-OH is 1. The van der Waals surface area contributed by atoms with E-state index in [1.54, 1.807) is 0 Å². The van der Waals surface area contributed by atoms with Crippen LogP contribution in [0.3, 0.4) is 0 Å². The lowest BCUT2D eigenvalue weighted by Crippen LogP contribution is -2.33. The van der Waals surface area contributed by atoms with E-state index in [-0.39, 0.29) is 12.2 Å². The fourth-order valence-electron chi connectivity index (χ4n) is 1.66. The first-order valence-corrected chi connectivity index (χ1v) is 3.60. The average Bonchev–Trinajstić information content (AvgIpc) is 2.53. The van der Waals surface area contributed by atoms with Gasteiger partial charge < -0.3 is 14.6 Å². The van der Waals surface area contributed by atoms with Crippen molar-refractivity contribution in [3.05, 3.63) is 0 Å². The summed E-state index contributed by atoms with van der Waals surface area (Å²) in [5, 5.41) is 9.30. The maximum Gasteiger partial charge on any atom is 0.285 e. The summed E-state index contributed by atoms with van der Waals surface area (Å²) in [6.45, 7) is 0.670. The molecule has 0 amide bonds. The molecule has 1 spiro atoms. The Morgan fingerprint density at radius 3 is 2.82 bits per heavy atom. The molecule has 3 fully saturated rings. The topological polar surface area (TPSA) is 63.8 Å². The van der Waals surface area contributed by atoms with E-state index in [4.69, 9.17) is 19.2 Å². The molecular formula is C6H8O5. The van der Waals surface area contributed by atoms with E-state index < -0.39 is 11.9 Å². The van der Waals surface area contributed by atoms with Crippen LogP contribution in [0, 0.1) is 0 Å². The van der Waals surface area contributed by atoms with E-state index in [0.29, 0.717) is 13.2 Å². The van der Waals surface area contributed by atoms with E-state index in [2.05, 4.69) is 0 Å². The molecule has 0 aliphatic carbocycles. The summed E-state index contributed by atoms with van der Waals surface area (Å²) >= 11 is 0. The molecule has 3 saturated heterocycles. The van der Waals surface area contributed by atoms with Crippen molar-refractivity contribution in [3.8, 4) is 0 Å². The number of hydrogen-bond donors (Lipinski definition) is 1. The van der Waals surface area contributed by atoms with Gasteiger partial charge in [-0.25, -0.2) is 0 Å². The van der Waals surface area contributed by atoms with E-state index in [0.717, 1.165) is 0 Å². The van der Waals surface area contributed by atoms with Gasteiger partial charge >= 0.3 is 0 Å². The highest BCUT2D eigenvalue weighted by atomic mass is 17.4. The van der Waals surface area contributed by atoms with Gasteiger partial charge in [-0.05, 0) is 0 Å². The zero-order valence-electron chi connectivity index (χ0n) is 5.73. The van der Waals surface area contributed by atoms with Gasteiger partial charge in [0, 0.05) is 0 Å². The van der Waals surface area contributed by atoms with Crippen molar-refractivity contribution in [1.29, 1.82) is 0 Å². The summed E-state index contributed by atoms with van der Waals surface area (Å²) in [4.78, 5) is 9.52. The molecule has 0 aromatic rings. The normalized spacial score (nSPS) is 51.5. The van der Waals surface area contributed by atoms with Crippen LogP contribution in [0.1, 0.15) is 0 Å². The number of ether oxygens (including phenoxy) is 2. The molecule has 11 heavy (non-hydrogen) atoms. The zero-order chi connectivity index (χ0) is 7.47. The highest BCUT2D eigenvalue weighted by molar-refractivity contribution is 5.02. The molecule has 0 unspecified atom stereocenters. The minimum atomic E-state index is -0.678. The Morgan fingerprint density at radius 1 is 1.27 bits per heavy atom. The second-order valence-electron chi connectivity index (χ2n) is 3.08. The fraction of sp³-hybridized carbons (Fsp3) is 1.00. The van der Waals surface area contributed by atoms with Crippen LogP contribution >= 0.6 is 0 Å². The minimum absolute atomic E-state index is 0.238. The molecule has 3 aliphatic heterocycles. The van der Waals surface area contributed by atoms with Crippen molar-refractivity contribution in [2.75, 3.05) is 13.2 Å². The molecule has 1 N–H and O–H groups in total. The highest BCUT2D eigenvalue weighted by Crippen LogP contribution is 2.45. The van der Waals surface area contributed by atoms with Crippen LogP contribution in [-0.2, 0) is 19.2 Å². The lowest BCUT2D eigenvalue weighted by atomic mass is 10.1. The SMILES string of the molecule is O[C@@H]1CO[C@H]2[C@@H]1OCC21OO1. The van der Waals surface area contributed by atoms with Crippen LogP contribution in [0.4, 0.5) is 0 Å². The predicted molar refractivity (Wildman–Crippen MR) is 30.4 cm³/mol. The first kappa shape index (κ1) is 6.33. The van der Waals surface area contributed by atoms with Crippen molar-refractivity contribution < 1.29 is 24.4 Å². The Balaban J connectivity index is 1.88. The smallest absolute Gasteiger partial charge is 0.285 e. The van der Waals surface area contributed by atoms with Gasteiger partial charge in [-0.15, -0.1) is 0 Å². The molecule has 3 atom stereocenters. The molecule has 0 radical (unpaired) electrons. The Labute approximate surface area is 62.7 Å². The molecule has 62 valence electrons. The van der Waals surface area contributed by atoms with E-state index in [1.807, 2.05) is 0 Å². The van der Waals surface area contributed by atoms with Crippen LogP contribution in [0.15, 0.2) is 0 Å². The van der Waals surface area contributed by atoms with Crippen LogP contribution in [0.5, 0.6) is 0 Å². The van der Waals surface area contributed by atoms with Gasteiger partial charge in [0.15, 0.2) is 0 Å². The quantitative estimate of drug-likeness (QED) is 0.356. The van der Waals surface area contributed by atoms with Gasteiger partial charge in [-0.1, -0.05) is 0 Å². The Bertz CT molecular complexity index is 189. The molecular weight excluding hydrogens is 152 g/mol. The number of aliphatic hydroxyl groups is 1. The summed E-state index contributed by atoms with van der Waals surface area (Å²) in [6.07, 6.45) is -1.04. The van der Waals surface area contributed by atoms with Crippen LogP contribution < -0.4 is 0 Å². The summed E-state index contributed by atoms with van der Waals surface area (Å²) in [7, 11) is 0. The first-order chi connectivity index (χ1) is 5.32. The predicted octanol–water partition coefficient (Wildman–Crippen LogP) is -1.20. The van der Waals surface area contributed by atoms with Crippen molar-refractivity contribution in [1.82, 2.24) is 0 Å². The number of rotatable bonds is 0. The summed E-state index contributed by atoms with van der Waals surface area (Å²) in [5.41, 5.74) is 0. The molecule has 0 aromatic carbocycles. The maximum atomic E-state index is 9.30. The lowest BCUT2D eigenvalue weighted by Gasteiger charge is -2.07. The molecule has 5 nitrogen and oxygen atoms in total. The largest absolute Gasteiger partial charge is 0.388 e. The second-order valence-corrected chi connectivity index (χ2v) is 3.08. The molecule has 3 heterocycles. The van der Waals surface area contributed by atoms with Gasteiger partial charge in [0.2, 0.25) is 0 Å². The maximum absolute atomic E-state index is 9.30.